The van der Waals surface area contributed by atoms with Gasteiger partial charge in [0.05, 0.1) is 22.7 Å². The molecule has 2 heterocycles. The standard InChI is InChI=1S/C17H22N6O3/c1-11(13-4-3-5-15(10-13)23(25)26)19-17(24)16-12(2)22(21-20-16)14-6-8-18-9-7-14/h3-5,10-11,14,18H,6-9H2,1-2H3,(H,19,24). The lowest BCUT2D eigenvalue weighted by atomic mass is 10.1. The number of nitrogens with zero attached hydrogens (tertiary/aromatic N) is 4. The topological polar surface area (TPSA) is 115 Å². The summed E-state index contributed by atoms with van der Waals surface area (Å²) in [5, 5.41) is 25.3. The summed E-state index contributed by atoms with van der Waals surface area (Å²) in [5.74, 6) is -0.332. The van der Waals surface area contributed by atoms with Crippen molar-refractivity contribution in [1.29, 1.82) is 0 Å². The highest BCUT2D eigenvalue weighted by Crippen LogP contribution is 2.22. The normalized spacial score (nSPS) is 16.2. The fourth-order valence-corrected chi connectivity index (χ4v) is 3.20. The van der Waals surface area contributed by atoms with Crippen LogP contribution in [0.2, 0.25) is 0 Å². The van der Waals surface area contributed by atoms with Crippen LogP contribution in [-0.2, 0) is 0 Å². The number of hydrogen-bond acceptors (Lipinski definition) is 6. The molecule has 1 fully saturated rings. The Balaban J connectivity index is 1.72. The molecule has 9 nitrogen and oxygen atoms in total. The maximum absolute atomic E-state index is 12.6. The summed E-state index contributed by atoms with van der Waals surface area (Å²) in [4.78, 5) is 23.0. The van der Waals surface area contributed by atoms with Gasteiger partial charge < -0.3 is 10.6 Å². The second-order valence-electron chi connectivity index (χ2n) is 6.50. The Bertz CT molecular complexity index is 813. The van der Waals surface area contributed by atoms with Gasteiger partial charge in [0.25, 0.3) is 11.6 Å². The van der Waals surface area contributed by atoms with E-state index in [1.807, 2.05) is 11.6 Å². The van der Waals surface area contributed by atoms with E-state index in [1.165, 1.54) is 12.1 Å². The monoisotopic (exact) mass is 358 g/mol. The van der Waals surface area contributed by atoms with Gasteiger partial charge in [0, 0.05) is 12.1 Å². The molecule has 3 rings (SSSR count). The van der Waals surface area contributed by atoms with Crippen molar-refractivity contribution in [3.05, 3.63) is 51.3 Å². The van der Waals surface area contributed by atoms with Crippen molar-refractivity contribution in [2.24, 2.45) is 0 Å². The van der Waals surface area contributed by atoms with Gasteiger partial charge in [-0.2, -0.15) is 0 Å². The van der Waals surface area contributed by atoms with Gasteiger partial charge in [-0.25, -0.2) is 4.68 Å². The van der Waals surface area contributed by atoms with Gasteiger partial charge in [-0.15, -0.1) is 5.10 Å². The molecule has 2 N–H and O–H groups in total. The molecule has 1 aromatic heterocycles. The molecule has 9 heteroatoms. The molecule has 1 atom stereocenters. The maximum Gasteiger partial charge on any atom is 0.274 e. The van der Waals surface area contributed by atoms with E-state index in [2.05, 4.69) is 20.9 Å². The summed E-state index contributed by atoms with van der Waals surface area (Å²) in [5.41, 5.74) is 1.69. The number of nitro benzene ring substituents is 1. The zero-order valence-corrected chi connectivity index (χ0v) is 14.8. The average molecular weight is 358 g/mol. The van der Waals surface area contributed by atoms with Crippen LogP contribution in [0.3, 0.4) is 0 Å². The SMILES string of the molecule is Cc1c(C(=O)NC(C)c2cccc([N+](=O)[O-])c2)nnn1C1CCNCC1. The van der Waals surface area contributed by atoms with Gasteiger partial charge in [0.2, 0.25) is 0 Å². The Morgan fingerprint density at radius 1 is 1.42 bits per heavy atom. The Morgan fingerprint density at radius 2 is 2.15 bits per heavy atom. The lowest BCUT2D eigenvalue weighted by Crippen LogP contribution is -2.31. The Morgan fingerprint density at radius 3 is 2.85 bits per heavy atom. The molecule has 1 aliphatic rings. The predicted molar refractivity (Wildman–Crippen MR) is 94.9 cm³/mol. The minimum Gasteiger partial charge on any atom is -0.344 e. The lowest BCUT2D eigenvalue weighted by Gasteiger charge is -2.23. The van der Waals surface area contributed by atoms with Crippen LogP contribution in [0.5, 0.6) is 0 Å². The fourth-order valence-electron chi connectivity index (χ4n) is 3.20. The second kappa shape index (κ2) is 7.61. The molecule has 0 saturated carbocycles. The van der Waals surface area contributed by atoms with E-state index < -0.39 is 4.92 Å². The molecule has 1 amide bonds. The number of carbonyl (C=O) groups is 1. The van der Waals surface area contributed by atoms with E-state index in [4.69, 9.17) is 0 Å². The quantitative estimate of drug-likeness (QED) is 0.623. The van der Waals surface area contributed by atoms with Gasteiger partial charge >= 0.3 is 0 Å². The van der Waals surface area contributed by atoms with Crippen LogP contribution >= 0.6 is 0 Å². The second-order valence-corrected chi connectivity index (χ2v) is 6.50. The highest BCUT2D eigenvalue weighted by Gasteiger charge is 2.24. The van der Waals surface area contributed by atoms with Crippen LogP contribution < -0.4 is 10.6 Å². The highest BCUT2D eigenvalue weighted by atomic mass is 16.6. The number of aromatic nitrogens is 3. The predicted octanol–water partition coefficient (Wildman–Crippen LogP) is 1.91. The largest absolute Gasteiger partial charge is 0.344 e. The molecule has 0 bridgehead atoms. The molecule has 1 saturated heterocycles. The number of nitro groups is 1. The first-order chi connectivity index (χ1) is 12.5. The van der Waals surface area contributed by atoms with Crippen LogP contribution in [0.1, 0.15) is 53.6 Å². The molecule has 1 aromatic carbocycles. The first kappa shape index (κ1) is 18.0. The minimum atomic E-state index is -0.452. The van der Waals surface area contributed by atoms with Crippen LogP contribution in [0.4, 0.5) is 5.69 Å². The van der Waals surface area contributed by atoms with E-state index in [0.29, 0.717) is 11.3 Å². The van der Waals surface area contributed by atoms with E-state index in [9.17, 15) is 14.9 Å². The highest BCUT2D eigenvalue weighted by molar-refractivity contribution is 5.93. The molecule has 2 aromatic rings. The third-order valence-electron chi connectivity index (χ3n) is 4.73. The molecule has 1 aliphatic heterocycles. The van der Waals surface area contributed by atoms with E-state index in [1.54, 1.807) is 19.1 Å². The third kappa shape index (κ3) is 3.72. The van der Waals surface area contributed by atoms with Gasteiger partial charge in [0.15, 0.2) is 5.69 Å². The zero-order valence-electron chi connectivity index (χ0n) is 14.8. The number of piperidine rings is 1. The molecule has 138 valence electrons. The smallest absolute Gasteiger partial charge is 0.274 e. The summed E-state index contributed by atoms with van der Waals surface area (Å²) in [6, 6.07) is 6.10. The molecule has 1 unspecified atom stereocenters. The number of rotatable bonds is 5. The lowest BCUT2D eigenvalue weighted by molar-refractivity contribution is -0.384. The molecule has 0 spiro atoms. The summed E-state index contributed by atoms with van der Waals surface area (Å²) >= 11 is 0. The first-order valence-corrected chi connectivity index (χ1v) is 8.65. The van der Waals surface area contributed by atoms with Crippen molar-refractivity contribution in [2.75, 3.05) is 13.1 Å². The molecule has 0 radical (unpaired) electrons. The fraction of sp³-hybridized carbons (Fsp3) is 0.471. The summed E-state index contributed by atoms with van der Waals surface area (Å²) < 4.78 is 1.83. The van der Waals surface area contributed by atoms with Crippen molar-refractivity contribution in [1.82, 2.24) is 25.6 Å². The number of hydrogen-bond donors (Lipinski definition) is 2. The molecular formula is C17H22N6O3. The average Bonchev–Trinajstić information content (AvgIpc) is 3.04. The van der Waals surface area contributed by atoms with Crippen LogP contribution in [-0.4, -0.2) is 38.9 Å². The van der Waals surface area contributed by atoms with E-state index >= 15 is 0 Å². The van der Waals surface area contributed by atoms with Crippen molar-refractivity contribution >= 4 is 11.6 Å². The zero-order chi connectivity index (χ0) is 18.7. The van der Waals surface area contributed by atoms with Gasteiger partial charge in [-0.05, 0) is 45.3 Å². The third-order valence-corrected chi connectivity index (χ3v) is 4.73. The Labute approximate surface area is 150 Å². The van der Waals surface area contributed by atoms with Gasteiger partial charge in [0.1, 0.15) is 0 Å². The van der Waals surface area contributed by atoms with Crippen LogP contribution in [0.15, 0.2) is 24.3 Å². The van der Waals surface area contributed by atoms with E-state index in [-0.39, 0.29) is 23.7 Å². The number of benzene rings is 1. The molecule has 0 aliphatic carbocycles. The summed E-state index contributed by atoms with van der Waals surface area (Å²) in [6.07, 6.45) is 1.91. The minimum absolute atomic E-state index is 0.00312. The van der Waals surface area contributed by atoms with Gasteiger partial charge in [-0.3, -0.25) is 14.9 Å². The first-order valence-electron chi connectivity index (χ1n) is 8.65. The Hall–Kier alpha value is -2.81. The maximum atomic E-state index is 12.6. The number of carbonyl (C=O) groups excluding carboxylic acids is 1. The summed E-state index contributed by atoms with van der Waals surface area (Å²) in [7, 11) is 0. The van der Waals surface area contributed by atoms with Crippen molar-refractivity contribution < 1.29 is 9.72 Å². The summed E-state index contributed by atoms with van der Waals surface area (Å²) in [6.45, 7) is 5.48. The van der Waals surface area contributed by atoms with Crippen molar-refractivity contribution in [3.63, 3.8) is 0 Å². The van der Waals surface area contributed by atoms with Crippen LogP contribution in [0, 0.1) is 17.0 Å². The number of non-ortho nitro benzene ring substituents is 1. The van der Waals surface area contributed by atoms with E-state index in [0.717, 1.165) is 31.6 Å². The van der Waals surface area contributed by atoms with Crippen molar-refractivity contribution in [3.8, 4) is 0 Å². The molecule has 26 heavy (non-hydrogen) atoms. The Kier molecular flexibility index (Phi) is 5.27. The van der Waals surface area contributed by atoms with Crippen LogP contribution in [0.25, 0.3) is 0 Å². The number of nitrogens with one attached hydrogen (secondary N) is 2. The molecular weight excluding hydrogens is 336 g/mol. The number of amides is 1. The van der Waals surface area contributed by atoms with Crippen molar-refractivity contribution in [2.45, 2.75) is 38.8 Å². The van der Waals surface area contributed by atoms with Gasteiger partial charge in [-0.1, -0.05) is 17.3 Å².